The van der Waals surface area contributed by atoms with Gasteiger partial charge < -0.3 is 9.80 Å². The number of hydrogen-bond acceptors (Lipinski definition) is 6. The quantitative estimate of drug-likeness (QED) is 0.535. The Bertz CT molecular complexity index is 1060. The number of piperazine rings is 1. The molecule has 8 nitrogen and oxygen atoms in total. The molecule has 1 heterocycles. The van der Waals surface area contributed by atoms with Gasteiger partial charge in [-0.15, -0.1) is 0 Å². The standard InChI is InChI=1S/C21H26N4O4S/c1-22-11-13-24(14-12-22)30(28,29)17-8-10-20(21(15-17)25(26)27)23(2)19-9-7-16-5-3-4-6-18(16)19/h3-6,8,10,15,19H,7,9,11-14H2,1-2H3/t19-/m1/s1. The number of rotatable bonds is 5. The predicted molar refractivity (Wildman–Crippen MR) is 115 cm³/mol. The molecule has 30 heavy (non-hydrogen) atoms. The van der Waals surface area contributed by atoms with E-state index in [9.17, 15) is 18.5 Å². The fourth-order valence-electron chi connectivity index (χ4n) is 4.39. The second-order valence-corrected chi connectivity index (χ2v) is 9.92. The van der Waals surface area contributed by atoms with Gasteiger partial charge in [0.25, 0.3) is 5.69 Å². The summed E-state index contributed by atoms with van der Waals surface area (Å²) in [6.07, 6.45) is 1.79. The minimum absolute atomic E-state index is 0.0253. The van der Waals surface area contributed by atoms with E-state index in [1.807, 2.05) is 31.1 Å². The first-order chi connectivity index (χ1) is 14.3. The number of sulfonamides is 1. The molecular weight excluding hydrogens is 404 g/mol. The van der Waals surface area contributed by atoms with Crippen molar-refractivity contribution in [2.75, 3.05) is 45.2 Å². The number of nitro benzene ring substituents is 1. The number of fused-ring (bicyclic) bond motifs is 1. The van der Waals surface area contributed by atoms with E-state index < -0.39 is 14.9 Å². The summed E-state index contributed by atoms with van der Waals surface area (Å²) < 4.78 is 27.5. The lowest BCUT2D eigenvalue weighted by Gasteiger charge is -2.31. The molecule has 2 aromatic rings. The summed E-state index contributed by atoms with van der Waals surface area (Å²) in [4.78, 5) is 15.3. The Hall–Kier alpha value is -2.49. The van der Waals surface area contributed by atoms with Crippen molar-refractivity contribution in [3.63, 3.8) is 0 Å². The zero-order chi connectivity index (χ0) is 21.5. The topological polar surface area (TPSA) is 87.0 Å². The van der Waals surface area contributed by atoms with E-state index >= 15 is 0 Å². The third-order valence-electron chi connectivity index (χ3n) is 6.19. The van der Waals surface area contributed by atoms with Gasteiger partial charge in [0.1, 0.15) is 5.69 Å². The summed E-state index contributed by atoms with van der Waals surface area (Å²) >= 11 is 0. The van der Waals surface area contributed by atoms with Crippen LogP contribution >= 0.6 is 0 Å². The Morgan fingerprint density at radius 2 is 1.80 bits per heavy atom. The van der Waals surface area contributed by atoms with Crippen molar-refractivity contribution in [1.82, 2.24) is 9.21 Å². The number of anilines is 1. The molecule has 0 radical (unpaired) electrons. The van der Waals surface area contributed by atoms with Gasteiger partial charge >= 0.3 is 0 Å². The third kappa shape index (κ3) is 3.68. The van der Waals surface area contributed by atoms with E-state index in [4.69, 9.17) is 0 Å². The van der Waals surface area contributed by atoms with Crippen LogP contribution in [0.5, 0.6) is 0 Å². The molecule has 0 bridgehead atoms. The maximum atomic E-state index is 13.0. The molecule has 1 atom stereocenters. The van der Waals surface area contributed by atoms with Crippen LogP contribution in [0, 0.1) is 10.1 Å². The van der Waals surface area contributed by atoms with Crippen LogP contribution in [0.3, 0.4) is 0 Å². The fourth-order valence-corrected chi connectivity index (χ4v) is 5.83. The second-order valence-electron chi connectivity index (χ2n) is 7.98. The van der Waals surface area contributed by atoms with Crippen molar-refractivity contribution in [1.29, 1.82) is 0 Å². The highest BCUT2D eigenvalue weighted by Gasteiger charge is 2.33. The van der Waals surface area contributed by atoms with Crippen LogP contribution in [0.15, 0.2) is 47.4 Å². The highest BCUT2D eigenvalue weighted by molar-refractivity contribution is 7.89. The van der Waals surface area contributed by atoms with E-state index in [0.717, 1.165) is 12.8 Å². The van der Waals surface area contributed by atoms with Gasteiger partial charge in [0.15, 0.2) is 0 Å². The summed E-state index contributed by atoms with van der Waals surface area (Å²) in [6.45, 7) is 2.05. The van der Waals surface area contributed by atoms with Crippen molar-refractivity contribution in [2.24, 2.45) is 0 Å². The molecule has 160 valence electrons. The molecule has 0 spiro atoms. The Kier molecular flexibility index (Phi) is 5.52. The summed E-state index contributed by atoms with van der Waals surface area (Å²) in [5.74, 6) is 0. The predicted octanol–water partition coefficient (Wildman–Crippen LogP) is 2.65. The first-order valence-electron chi connectivity index (χ1n) is 10.1. The van der Waals surface area contributed by atoms with Gasteiger partial charge in [-0.25, -0.2) is 8.42 Å². The Labute approximate surface area is 176 Å². The summed E-state index contributed by atoms with van der Waals surface area (Å²) in [6, 6.07) is 12.4. The molecule has 0 unspecified atom stereocenters. The minimum atomic E-state index is -3.77. The number of nitrogens with zero attached hydrogens (tertiary/aromatic N) is 4. The summed E-state index contributed by atoms with van der Waals surface area (Å²) in [5, 5.41) is 11.8. The van der Waals surface area contributed by atoms with Crippen molar-refractivity contribution >= 4 is 21.4 Å². The van der Waals surface area contributed by atoms with Gasteiger partial charge in [-0.2, -0.15) is 4.31 Å². The van der Waals surface area contributed by atoms with Gasteiger partial charge in [-0.3, -0.25) is 10.1 Å². The number of likely N-dealkylation sites (N-methyl/N-ethyl adjacent to an activating group) is 1. The maximum absolute atomic E-state index is 13.0. The molecule has 0 saturated carbocycles. The van der Waals surface area contributed by atoms with Crippen molar-refractivity contribution in [2.45, 2.75) is 23.8 Å². The average Bonchev–Trinajstić information content (AvgIpc) is 3.17. The van der Waals surface area contributed by atoms with Crippen molar-refractivity contribution in [3.8, 4) is 0 Å². The van der Waals surface area contributed by atoms with Crippen LogP contribution in [-0.4, -0.2) is 62.8 Å². The van der Waals surface area contributed by atoms with E-state index in [2.05, 4.69) is 17.0 Å². The van der Waals surface area contributed by atoms with E-state index in [-0.39, 0.29) is 16.6 Å². The maximum Gasteiger partial charge on any atom is 0.293 e. The SMILES string of the molecule is CN1CCN(S(=O)(=O)c2ccc(N(C)[C@@H]3CCc4ccccc43)c([N+](=O)[O-])c2)CC1. The normalized spacial score (nSPS) is 20.1. The van der Waals surface area contributed by atoms with Crippen LogP contribution in [0.1, 0.15) is 23.6 Å². The lowest BCUT2D eigenvalue weighted by atomic mass is 10.1. The number of hydrogen-bond donors (Lipinski definition) is 0. The highest BCUT2D eigenvalue weighted by Crippen LogP contribution is 2.41. The van der Waals surface area contributed by atoms with Crippen LogP contribution in [-0.2, 0) is 16.4 Å². The van der Waals surface area contributed by atoms with Crippen LogP contribution in [0.2, 0.25) is 0 Å². The molecule has 1 aliphatic heterocycles. The van der Waals surface area contributed by atoms with Gasteiger partial charge in [-0.1, -0.05) is 24.3 Å². The van der Waals surface area contributed by atoms with Crippen molar-refractivity contribution in [3.05, 3.63) is 63.7 Å². The summed E-state index contributed by atoms with van der Waals surface area (Å²) in [5.41, 5.74) is 2.67. The third-order valence-corrected chi connectivity index (χ3v) is 8.09. The molecule has 2 aromatic carbocycles. The summed E-state index contributed by atoms with van der Waals surface area (Å²) in [7, 11) is 0.0142. The molecule has 1 aliphatic carbocycles. The monoisotopic (exact) mass is 430 g/mol. The zero-order valence-electron chi connectivity index (χ0n) is 17.2. The van der Waals surface area contributed by atoms with E-state index in [0.29, 0.717) is 31.9 Å². The lowest BCUT2D eigenvalue weighted by molar-refractivity contribution is -0.384. The van der Waals surface area contributed by atoms with Crippen LogP contribution in [0.25, 0.3) is 0 Å². The largest absolute Gasteiger partial charge is 0.362 e. The van der Waals surface area contributed by atoms with Gasteiger partial charge in [0, 0.05) is 39.3 Å². The average molecular weight is 431 g/mol. The second kappa shape index (κ2) is 7.98. The first kappa shape index (κ1) is 20.8. The molecule has 2 aliphatic rings. The molecule has 1 fully saturated rings. The minimum Gasteiger partial charge on any atom is -0.362 e. The molecule has 4 rings (SSSR count). The van der Waals surface area contributed by atoms with E-state index in [1.54, 1.807) is 6.07 Å². The Balaban J connectivity index is 1.67. The molecule has 1 saturated heterocycles. The van der Waals surface area contributed by atoms with Gasteiger partial charge in [0.05, 0.1) is 15.9 Å². The van der Waals surface area contributed by atoms with Gasteiger partial charge in [0.2, 0.25) is 10.0 Å². The molecule has 0 amide bonds. The smallest absolute Gasteiger partial charge is 0.293 e. The first-order valence-corrected chi connectivity index (χ1v) is 11.5. The Morgan fingerprint density at radius 1 is 1.10 bits per heavy atom. The zero-order valence-corrected chi connectivity index (χ0v) is 18.0. The van der Waals surface area contributed by atoms with Gasteiger partial charge in [-0.05, 0) is 43.1 Å². The Morgan fingerprint density at radius 3 is 2.50 bits per heavy atom. The number of nitro groups is 1. The lowest BCUT2D eigenvalue weighted by Crippen LogP contribution is -2.47. The van der Waals surface area contributed by atoms with Crippen LogP contribution < -0.4 is 4.90 Å². The highest BCUT2D eigenvalue weighted by atomic mass is 32.2. The van der Waals surface area contributed by atoms with Crippen molar-refractivity contribution < 1.29 is 13.3 Å². The number of aryl methyl sites for hydroxylation is 1. The molecule has 9 heteroatoms. The molecular formula is C21H26N4O4S. The molecule has 0 N–H and O–H groups in total. The van der Waals surface area contributed by atoms with E-state index in [1.165, 1.54) is 27.6 Å². The molecule has 0 aromatic heterocycles. The number of benzene rings is 2. The fraction of sp³-hybridized carbons (Fsp3) is 0.429. The van der Waals surface area contributed by atoms with Crippen LogP contribution in [0.4, 0.5) is 11.4 Å².